The topological polar surface area (TPSA) is 125 Å². The van der Waals surface area contributed by atoms with E-state index in [0.29, 0.717) is 23.3 Å². The van der Waals surface area contributed by atoms with Crippen molar-refractivity contribution in [2.75, 3.05) is 0 Å². The summed E-state index contributed by atoms with van der Waals surface area (Å²) in [7, 11) is 0. The highest BCUT2D eigenvalue weighted by Crippen LogP contribution is 2.24. The zero-order chi connectivity index (χ0) is 18.6. The van der Waals surface area contributed by atoms with E-state index in [2.05, 4.69) is 10.5 Å². The number of nitrogens with one attached hydrogen (secondary N) is 1. The Kier molecular flexibility index (Phi) is 5.33. The highest BCUT2D eigenvalue weighted by atomic mass is 16.6. The fraction of sp³-hybridized carbons (Fsp3) is 0.176. The molecule has 0 spiro atoms. The minimum atomic E-state index is -0.526. The quantitative estimate of drug-likeness (QED) is 0.437. The molecule has 0 bridgehead atoms. The van der Waals surface area contributed by atoms with Gasteiger partial charge in [-0.2, -0.15) is 5.10 Å². The zero-order valence-corrected chi connectivity index (χ0v) is 13.7. The molecule has 0 aliphatic heterocycles. The summed E-state index contributed by atoms with van der Waals surface area (Å²) in [6.45, 7) is 3.34. The second kappa shape index (κ2) is 7.43. The summed E-state index contributed by atoms with van der Waals surface area (Å²) in [6, 6.07) is 8.10. The molecule has 0 aromatic heterocycles. The van der Waals surface area contributed by atoms with E-state index in [4.69, 9.17) is 0 Å². The summed E-state index contributed by atoms with van der Waals surface area (Å²) in [5.41, 5.74) is 3.72. The highest BCUT2D eigenvalue weighted by molar-refractivity contribution is 6.04. The van der Waals surface area contributed by atoms with Gasteiger partial charge in [0.25, 0.3) is 11.6 Å². The van der Waals surface area contributed by atoms with Gasteiger partial charge in [-0.3, -0.25) is 14.9 Å². The predicted octanol–water partition coefficient (Wildman–Crippen LogP) is 2.86. The molecular weight excluding hydrogens is 326 g/mol. The van der Waals surface area contributed by atoms with Crippen LogP contribution in [-0.4, -0.2) is 26.8 Å². The van der Waals surface area contributed by atoms with Gasteiger partial charge in [0.1, 0.15) is 11.5 Å². The first-order chi connectivity index (χ1) is 11.8. The van der Waals surface area contributed by atoms with Crippen molar-refractivity contribution < 1.29 is 19.9 Å². The standard InChI is InChI=1S/C17H17N3O5/c1-3-14(13-6-5-12(21)9-16(13)22)18-19-17(23)11-4-7-15(20(24)25)10(2)8-11/h4-9,21-22H,3H2,1-2H3,(H,19,23)/b18-14-. The third-order valence-electron chi connectivity index (χ3n) is 3.58. The van der Waals surface area contributed by atoms with Crippen LogP contribution in [0.15, 0.2) is 41.5 Å². The molecule has 0 aliphatic carbocycles. The molecule has 0 saturated heterocycles. The molecule has 0 radical (unpaired) electrons. The van der Waals surface area contributed by atoms with Gasteiger partial charge in [0.05, 0.1) is 10.6 Å². The van der Waals surface area contributed by atoms with E-state index in [0.717, 1.165) is 0 Å². The molecule has 8 nitrogen and oxygen atoms in total. The SMILES string of the molecule is CC/C(=N/NC(=O)c1ccc([N+](=O)[O-])c(C)c1)c1ccc(O)cc1O. The number of hydrazone groups is 1. The summed E-state index contributed by atoms with van der Waals surface area (Å²) in [6.07, 6.45) is 0.428. The van der Waals surface area contributed by atoms with Crippen molar-refractivity contribution in [2.24, 2.45) is 5.10 Å². The van der Waals surface area contributed by atoms with Crippen LogP contribution in [0.1, 0.15) is 34.8 Å². The molecule has 0 atom stereocenters. The lowest BCUT2D eigenvalue weighted by molar-refractivity contribution is -0.385. The molecule has 0 aliphatic rings. The molecule has 0 fully saturated rings. The number of carbonyl (C=O) groups is 1. The van der Waals surface area contributed by atoms with Crippen LogP contribution in [-0.2, 0) is 0 Å². The lowest BCUT2D eigenvalue weighted by atomic mass is 10.1. The van der Waals surface area contributed by atoms with E-state index in [1.165, 1.54) is 36.4 Å². The van der Waals surface area contributed by atoms with Crippen LogP contribution in [0.25, 0.3) is 0 Å². The van der Waals surface area contributed by atoms with Gasteiger partial charge in [0.15, 0.2) is 0 Å². The van der Waals surface area contributed by atoms with Crippen molar-refractivity contribution in [2.45, 2.75) is 20.3 Å². The molecule has 2 rings (SSSR count). The van der Waals surface area contributed by atoms with E-state index in [-0.39, 0.29) is 22.7 Å². The number of hydrogen-bond donors (Lipinski definition) is 3. The highest BCUT2D eigenvalue weighted by Gasteiger charge is 2.14. The normalized spacial score (nSPS) is 11.2. The Balaban J connectivity index is 2.22. The monoisotopic (exact) mass is 343 g/mol. The molecule has 0 heterocycles. The van der Waals surface area contributed by atoms with Crippen LogP contribution < -0.4 is 5.43 Å². The van der Waals surface area contributed by atoms with Crippen LogP contribution in [0.3, 0.4) is 0 Å². The number of nitro groups is 1. The van der Waals surface area contributed by atoms with Gasteiger partial charge in [-0.15, -0.1) is 0 Å². The fourth-order valence-corrected chi connectivity index (χ4v) is 2.28. The number of hydrogen-bond acceptors (Lipinski definition) is 6. The maximum atomic E-state index is 12.2. The van der Waals surface area contributed by atoms with Crippen LogP contribution in [0, 0.1) is 17.0 Å². The first-order valence-corrected chi connectivity index (χ1v) is 7.47. The van der Waals surface area contributed by atoms with E-state index < -0.39 is 10.8 Å². The number of aryl methyl sites for hydroxylation is 1. The maximum absolute atomic E-state index is 12.2. The Labute approximate surface area is 143 Å². The number of benzene rings is 2. The maximum Gasteiger partial charge on any atom is 0.272 e. The van der Waals surface area contributed by atoms with Gasteiger partial charge >= 0.3 is 0 Å². The minimum absolute atomic E-state index is 0.0664. The lowest BCUT2D eigenvalue weighted by Gasteiger charge is -2.08. The van der Waals surface area contributed by atoms with Crippen LogP contribution in [0.2, 0.25) is 0 Å². The second-order valence-electron chi connectivity index (χ2n) is 5.31. The number of aromatic hydroxyl groups is 2. The minimum Gasteiger partial charge on any atom is -0.508 e. The molecule has 1 amide bonds. The first kappa shape index (κ1) is 17.9. The van der Waals surface area contributed by atoms with Gasteiger partial charge in [-0.25, -0.2) is 5.43 Å². The van der Waals surface area contributed by atoms with Gasteiger partial charge in [0, 0.05) is 28.8 Å². The summed E-state index contributed by atoms with van der Waals surface area (Å²) in [5.74, 6) is -0.759. The zero-order valence-electron chi connectivity index (χ0n) is 13.7. The van der Waals surface area contributed by atoms with Crippen LogP contribution in [0.4, 0.5) is 5.69 Å². The van der Waals surface area contributed by atoms with E-state index in [1.807, 2.05) is 0 Å². The molecule has 0 unspecified atom stereocenters. The van der Waals surface area contributed by atoms with Crippen LogP contribution >= 0.6 is 0 Å². The van der Waals surface area contributed by atoms with Crippen molar-refractivity contribution in [1.82, 2.24) is 5.43 Å². The van der Waals surface area contributed by atoms with E-state index in [9.17, 15) is 25.1 Å². The van der Waals surface area contributed by atoms with E-state index in [1.54, 1.807) is 13.8 Å². The fourth-order valence-electron chi connectivity index (χ4n) is 2.28. The summed E-state index contributed by atoms with van der Waals surface area (Å²) < 4.78 is 0. The van der Waals surface area contributed by atoms with Crippen molar-refractivity contribution >= 4 is 17.3 Å². The number of phenolic OH excluding ortho intramolecular Hbond substituents is 2. The van der Waals surface area contributed by atoms with Crippen molar-refractivity contribution in [3.8, 4) is 11.5 Å². The molecule has 3 N–H and O–H groups in total. The lowest BCUT2D eigenvalue weighted by Crippen LogP contribution is -2.20. The number of rotatable bonds is 5. The molecule has 25 heavy (non-hydrogen) atoms. The smallest absolute Gasteiger partial charge is 0.272 e. The second-order valence-corrected chi connectivity index (χ2v) is 5.31. The average Bonchev–Trinajstić information content (AvgIpc) is 2.56. The Hall–Kier alpha value is -3.42. The van der Waals surface area contributed by atoms with Crippen molar-refractivity contribution in [3.05, 3.63) is 63.2 Å². The Morgan fingerprint density at radius 2 is 1.96 bits per heavy atom. The number of nitrogens with zero attached hydrogens (tertiary/aromatic N) is 2. The van der Waals surface area contributed by atoms with Gasteiger partial charge in [-0.05, 0) is 37.6 Å². The third-order valence-corrected chi connectivity index (χ3v) is 3.58. The summed E-state index contributed by atoms with van der Waals surface area (Å²) >= 11 is 0. The Morgan fingerprint density at radius 3 is 2.52 bits per heavy atom. The third kappa shape index (κ3) is 4.11. The molecule has 2 aromatic rings. The molecule has 0 saturated carbocycles. The van der Waals surface area contributed by atoms with Gasteiger partial charge < -0.3 is 10.2 Å². The summed E-state index contributed by atoms with van der Waals surface area (Å²) in [5, 5.41) is 34.0. The average molecular weight is 343 g/mol. The Bertz CT molecular complexity index is 861. The predicted molar refractivity (Wildman–Crippen MR) is 91.9 cm³/mol. The largest absolute Gasteiger partial charge is 0.508 e. The summed E-state index contributed by atoms with van der Waals surface area (Å²) in [4.78, 5) is 22.5. The molecule has 8 heteroatoms. The van der Waals surface area contributed by atoms with Crippen molar-refractivity contribution in [3.63, 3.8) is 0 Å². The Morgan fingerprint density at radius 1 is 1.24 bits per heavy atom. The van der Waals surface area contributed by atoms with Crippen molar-refractivity contribution in [1.29, 1.82) is 0 Å². The molecule has 2 aromatic carbocycles. The number of amides is 1. The van der Waals surface area contributed by atoms with E-state index >= 15 is 0 Å². The first-order valence-electron chi connectivity index (χ1n) is 7.47. The van der Waals surface area contributed by atoms with Gasteiger partial charge in [0.2, 0.25) is 0 Å². The molecular formula is C17H17N3O5. The van der Waals surface area contributed by atoms with Crippen LogP contribution in [0.5, 0.6) is 11.5 Å². The number of phenols is 2. The number of carbonyl (C=O) groups excluding carboxylic acids is 1. The number of nitro benzene ring substituents is 1. The van der Waals surface area contributed by atoms with Gasteiger partial charge in [-0.1, -0.05) is 6.92 Å². The molecule has 130 valence electrons.